The highest BCUT2D eigenvalue weighted by molar-refractivity contribution is 5.83. The van der Waals surface area contributed by atoms with Gasteiger partial charge >= 0.3 is 0 Å². The summed E-state index contributed by atoms with van der Waals surface area (Å²) in [6.45, 7) is 12.9. The highest BCUT2D eigenvalue weighted by Gasteiger charge is 2.32. The van der Waals surface area contributed by atoms with Gasteiger partial charge in [-0.2, -0.15) is 0 Å². The molecule has 4 heterocycles. The number of aryl methyl sites for hydroxylation is 1. The standard InChI is InChI=1S/C31H38F2N8O2/c1-19(2)41-20(3)36-29-24(32)13-23(14-26(29)41)28-25(33)16-35-30(38-28)37-27-8-7-22(15-34-27)17-40-11-12-43-31(5,18-40)9-10-39(6)21(4)42/h7-8,13-16,19H,9-12,17-18H2,1-6H3,(H,34,35,37,38). The summed E-state index contributed by atoms with van der Waals surface area (Å²) in [5, 5.41) is 3.03. The fourth-order valence-corrected chi connectivity index (χ4v) is 5.52. The molecule has 1 saturated heterocycles. The van der Waals surface area contributed by atoms with E-state index in [0.717, 1.165) is 31.3 Å². The summed E-state index contributed by atoms with van der Waals surface area (Å²) in [7, 11) is 1.80. The van der Waals surface area contributed by atoms with E-state index >= 15 is 4.39 Å². The molecule has 1 aliphatic heterocycles. The maximum Gasteiger partial charge on any atom is 0.229 e. The predicted molar refractivity (Wildman–Crippen MR) is 161 cm³/mol. The Hall–Kier alpha value is -4.03. The van der Waals surface area contributed by atoms with Crippen LogP contribution in [0.2, 0.25) is 0 Å². The van der Waals surface area contributed by atoms with Gasteiger partial charge in [0, 0.05) is 58.0 Å². The topological polar surface area (TPSA) is 101 Å². The molecule has 1 fully saturated rings. The van der Waals surface area contributed by atoms with E-state index in [2.05, 4.69) is 37.1 Å². The number of nitrogens with zero attached hydrogens (tertiary/aromatic N) is 7. The third-order valence-corrected chi connectivity index (χ3v) is 7.86. The van der Waals surface area contributed by atoms with Crippen molar-refractivity contribution in [3.05, 3.63) is 59.7 Å². The molecule has 0 aliphatic carbocycles. The van der Waals surface area contributed by atoms with Gasteiger partial charge in [0.1, 0.15) is 22.9 Å². The normalized spacial score (nSPS) is 17.5. The molecule has 12 heteroatoms. The number of pyridine rings is 1. The van der Waals surface area contributed by atoms with Gasteiger partial charge in [-0.15, -0.1) is 0 Å². The van der Waals surface area contributed by atoms with Crippen LogP contribution in [-0.4, -0.2) is 79.1 Å². The van der Waals surface area contributed by atoms with Crippen molar-refractivity contribution in [2.45, 2.75) is 59.2 Å². The highest BCUT2D eigenvalue weighted by atomic mass is 19.1. The number of amides is 1. The van der Waals surface area contributed by atoms with Gasteiger partial charge in [-0.25, -0.2) is 28.7 Å². The predicted octanol–water partition coefficient (Wildman–Crippen LogP) is 5.26. The molecule has 228 valence electrons. The second-order valence-corrected chi connectivity index (χ2v) is 11.7. The summed E-state index contributed by atoms with van der Waals surface area (Å²) in [4.78, 5) is 32.9. The third-order valence-electron chi connectivity index (χ3n) is 7.86. The number of aromatic nitrogens is 5. The summed E-state index contributed by atoms with van der Waals surface area (Å²) >= 11 is 0. The number of morpholine rings is 1. The van der Waals surface area contributed by atoms with Gasteiger partial charge in [-0.3, -0.25) is 9.69 Å². The summed E-state index contributed by atoms with van der Waals surface area (Å²) in [5.74, 6) is 0.162. The minimum atomic E-state index is -0.662. The second kappa shape index (κ2) is 12.3. The lowest BCUT2D eigenvalue weighted by molar-refractivity contribution is -0.130. The van der Waals surface area contributed by atoms with E-state index in [0.29, 0.717) is 42.4 Å². The van der Waals surface area contributed by atoms with Gasteiger partial charge in [0.25, 0.3) is 0 Å². The molecule has 0 radical (unpaired) electrons. The molecule has 1 atom stereocenters. The Kier molecular flexibility index (Phi) is 8.70. The van der Waals surface area contributed by atoms with Gasteiger partial charge in [0.05, 0.1) is 23.9 Å². The molecule has 10 nitrogen and oxygen atoms in total. The smallest absolute Gasteiger partial charge is 0.229 e. The van der Waals surface area contributed by atoms with E-state index < -0.39 is 11.6 Å². The van der Waals surface area contributed by atoms with Crippen molar-refractivity contribution in [2.24, 2.45) is 0 Å². The van der Waals surface area contributed by atoms with Crippen molar-refractivity contribution in [1.29, 1.82) is 0 Å². The number of carbonyl (C=O) groups is 1. The lowest BCUT2D eigenvalue weighted by Crippen LogP contribution is -2.51. The molecule has 1 N–H and O–H groups in total. The largest absolute Gasteiger partial charge is 0.373 e. The minimum Gasteiger partial charge on any atom is -0.373 e. The first-order chi connectivity index (χ1) is 20.4. The Balaban J connectivity index is 1.28. The number of hydrogen-bond acceptors (Lipinski definition) is 8. The van der Waals surface area contributed by atoms with E-state index in [-0.39, 0.29) is 34.7 Å². The molecule has 0 spiro atoms. The van der Waals surface area contributed by atoms with Crippen molar-refractivity contribution in [1.82, 2.24) is 34.3 Å². The number of hydrogen-bond donors (Lipinski definition) is 1. The summed E-state index contributed by atoms with van der Waals surface area (Å²) < 4.78 is 37.9. The summed E-state index contributed by atoms with van der Waals surface area (Å²) in [6, 6.07) is 6.79. The van der Waals surface area contributed by atoms with Crippen molar-refractivity contribution in [2.75, 3.05) is 38.6 Å². The number of benzene rings is 1. The maximum atomic E-state index is 15.0. The minimum absolute atomic E-state index is 0.0195. The van der Waals surface area contributed by atoms with Gasteiger partial charge in [-0.1, -0.05) is 6.07 Å². The Bertz CT molecular complexity index is 1620. The maximum absolute atomic E-state index is 15.0. The van der Waals surface area contributed by atoms with Crippen molar-refractivity contribution >= 4 is 28.7 Å². The van der Waals surface area contributed by atoms with Gasteiger partial charge in [0.15, 0.2) is 11.6 Å². The number of carbonyl (C=O) groups excluding carboxylic acids is 1. The van der Waals surface area contributed by atoms with Crippen LogP contribution in [-0.2, 0) is 16.1 Å². The average molecular weight is 593 g/mol. The molecule has 0 bridgehead atoms. The van der Waals surface area contributed by atoms with Crippen LogP contribution in [0.5, 0.6) is 0 Å². The molecule has 0 saturated carbocycles. The summed E-state index contributed by atoms with van der Waals surface area (Å²) in [5.41, 5.74) is 1.79. The quantitative estimate of drug-likeness (QED) is 0.281. The molecule has 1 amide bonds. The summed E-state index contributed by atoms with van der Waals surface area (Å²) in [6.07, 6.45) is 3.60. The molecule has 1 aliphatic rings. The Morgan fingerprint density at radius 1 is 1.16 bits per heavy atom. The molecule has 1 aromatic carbocycles. The van der Waals surface area contributed by atoms with Crippen LogP contribution < -0.4 is 5.32 Å². The zero-order valence-corrected chi connectivity index (χ0v) is 25.5. The number of ether oxygens (including phenoxy) is 1. The Morgan fingerprint density at radius 2 is 1.95 bits per heavy atom. The Morgan fingerprint density at radius 3 is 2.65 bits per heavy atom. The number of imidazole rings is 1. The lowest BCUT2D eigenvalue weighted by Gasteiger charge is -2.41. The van der Waals surface area contributed by atoms with E-state index in [4.69, 9.17) is 4.74 Å². The second-order valence-electron chi connectivity index (χ2n) is 11.7. The van der Waals surface area contributed by atoms with Crippen LogP contribution >= 0.6 is 0 Å². The molecular weight excluding hydrogens is 554 g/mol. The molecule has 1 unspecified atom stereocenters. The van der Waals surface area contributed by atoms with Gasteiger partial charge in [0.2, 0.25) is 11.9 Å². The monoisotopic (exact) mass is 592 g/mol. The third kappa shape index (κ3) is 6.80. The van der Waals surface area contributed by atoms with Crippen LogP contribution in [0.3, 0.4) is 0 Å². The average Bonchev–Trinajstić information content (AvgIpc) is 3.30. The fraction of sp³-hybridized carbons (Fsp3) is 0.452. The van der Waals surface area contributed by atoms with Crippen molar-refractivity contribution in [3.63, 3.8) is 0 Å². The van der Waals surface area contributed by atoms with E-state index in [1.807, 2.05) is 37.5 Å². The zero-order valence-electron chi connectivity index (χ0n) is 25.5. The van der Waals surface area contributed by atoms with Gasteiger partial charge < -0.3 is 19.5 Å². The molecular formula is C31H38F2N8O2. The first-order valence-electron chi connectivity index (χ1n) is 14.4. The van der Waals surface area contributed by atoms with Crippen molar-refractivity contribution in [3.8, 4) is 11.3 Å². The van der Waals surface area contributed by atoms with E-state index in [1.165, 1.54) is 6.07 Å². The van der Waals surface area contributed by atoms with Crippen LogP contribution in [0.15, 0.2) is 36.7 Å². The number of anilines is 2. The SMILES string of the molecule is CC(=O)N(C)CCC1(C)CN(Cc2ccc(Nc3ncc(F)c(-c4cc(F)c5nc(C)n(C(C)C)c5c4)n3)nc2)CCO1. The number of rotatable bonds is 9. The first kappa shape index (κ1) is 30.4. The molecule has 43 heavy (non-hydrogen) atoms. The molecule has 3 aromatic heterocycles. The van der Waals surface area contributed by atoms with E-state index in [1.54, 1.807) is 31.1 Å². The lowest BCUT2D eigenvalue weighted by atomic mass is 9.99. The number of halogens is 2. The van der Waals surface area contributed by atoms with Crippen LogP contribution in [0.4, 0.5) is 20.5 Å². The number of fused-ring (bicyclic) bond motifs is 1. The first-order valence-corrected chi connectivity index (χ1v) is 14.4. The highest BCUT2D eigenvalue weighted by Crippen LogP contribution is 2.30. The fourth-order valence-electron chi connectivity index (χ4n) is 5.52. The Labute approximate surface area is 250 Å². The van der Waals surface area contributed by atoms with Crippen LogP contribution in [0.25, 0.3) is 22.3 Å². The molecule has 4 aromatic rings. The van der Waals surface area contributed by atoms with Gasteiger partial charge in [-0.05, 0) is 57.9 Å². The zero-order chi connectivity index (χ0) is 30.9. The number of nitrogens with one attached hydrogen (secondary N) is 1. The van der Waals surface area contributed by atoms with E-state index in [9.17, 15) is 9.18 Å². The van der Waals surface area contributed by atoms with Crippen LogP contribution in [0.1, 0.15) is 51.5 Å². The van der Waals surface area contributed by atoms with Crippen LogP contribution in [0, 0.1) is 18.6 Å². The molecule has 5 rings (SSSR count). The van der Waals surface area contributed by atoms with Crippen molar-refractivity contribution < 1.29 is 18.3 Å².